The van der Waals surface area contributed by atoms with Crippen LogP contribution in [-0.4, -0.2) is 145 Å². The molecule has 404 valence electrons. The zero-order chi connectivity index (χ0) is 54.1. The summed E-state index contributed by atoms with van der Waals surface area (Å²) in [6.07, 6.45) is 11.8. The van der Waals surface area contributed by atoms with Gasteiger partial charge < -0.3 is 34.7 Å². The molecule has 0 spiro atoms. The van der Waals surface area contributed by atoms with Gasteiger partial charge in [0, 0.05) is 91.9 Å². The van der Waals surface area contributed by atoms with Gasteiger partial charge in [0.2, 0.25) is 11.8 Å². The van der Waals surface area contributed by atoms with Crippen molar-refractivity contribution in [1.82, 2.24) is 29.7 Å². The summed E-state index contributed by atoms with van der Waals surface area (Å²) in [6.45, 7) is 9.09. The fourth-order valence-corrected chi connectivity index (χ4v) is 13.7. The number of aromatic nitrogens is 3. The first-order valence-corrected chi connectivity index (χ1v) is 28.5. The number of ether oxygens (including phenoxy) is 1. The molecule has 5 aliphatic heterocycles. The van der Waals surface area contributed by atoms with Crippen LogP contribution in [0.15, 0.2) is 61.1 Å². The van der Waals surface area contributed by atoms with Crippen LogP contribution in [0.5, 0.6) is 5.88 Å². The van der Waals surface area contributed by atoms with Gasteiger partial charge in [-0.2, -0.15) is 0 Å². The normalized spacial score (nSPS) is 20.7. The first-order valence-electron chi connectivity index (χ1n) is 26.1. The first-order chi connectivity index (χ1) is 36.9. The highest BCUT2D eigenvalue weighted by Crippen LogP contribution is 2.44. The fraction of sp³-hybridized carbons (Fsp3) is 0.444. The molecule has 1 aliphatic carbocycles. The minimum absolute atomic E-state index is 0.0707. The Kier molecular flexibility index (Phi) is 14.0. The average Bonchev–Trinajstić information content (AvgIpc) is 4.07. The second-order valence-electron chi connectivity index (χ2n) is 21.1. The van der Waals surface area contributed by atoms with Crippen LogP contribution in [0, 0.1) is 0 Å². The predicted octanol–water partition coefficient (Wildman–Crippen LogP) is 6.02. The number of hydrogen-bond acceptors (Lipinski definition) is 17. The third-order valence-corrected chi connectivity index (χ3v) is 17.6. The summed E-state index contributed by atoms with van der Waals surface area (Å²) >= 11 is 1.62. The van der Waals surface area contributed by atoms with Gasteiger partial charge in [-0.3, -0.25) is 48.1 Å². The average molecular weight is 1090 g/mol. The van der Waals surface area contributed by atoms with Crippen molar-refractivity contribution < 1.29 is 52.7 Å². The van der Waals surface area contributed by atoms with Crippen molar-refractivity contribution in [3.05, 3.63) is 98.6 Å². The number of carbonyl (C=O) groups excluding carboxylic acids is 5. The number of fused-ring (bicyclic) bond motifs is 4. The van der Waals surface area contributed by atoms with E-state index in [9.17, 15) is 33.6 Å². The van der Waals surface area contributed by atoms with Gasteiger partial charge in [-0.15, -0.1) is 11.3 Å². The van der Waals surface area contributed by atoms with Gasteiger partial charge in [0.1, 0.15) is 30.1 Å². The highest BCUT2D eigenvalue weighted by atomic mass is 32.1. The van der Waals surface area contributed by atoms with Crippen LogP contribution in [0.25, 0.3) is 11.1 Å². The fourth-order valence-electron chi connectivity index (χ4n) is 12.1. The summed E-state index contributed by atoms with van der Waals surface area (Å²) in [5.41, 5.74) is 5.78. The number of nitrogens with zero attached hydrogens (tertiary/aromatic N) is 9. The van der Waals surface area contributed by atoms with Crippen LogP contribution in [0.2, 0.25) is 0 Å². The summed E-state index contributed by atoms with van der Waals surface area (Å²) in [5, 5.41) is 15.2. The highest BCUT2D eigenvalue weighted by molar-refractivity contribution is 7.46. The third-order valence-electron chi connectivity index (χ3n) is 15.9. The van der Waals surface area contributed by atoms with E-state index >= 15 is 0 Å². The van der Waals surface area contributed by atoms with Crippen LogP contribution < -0.4 is 24.8 Å². The summed E-state index contributed by atoms with van der Waals surface area (Å²) < 4.78 is 21.4. The van der Waals surface area contributed by atoms with E-state index in [1.54, 1.807) is 67.8 Å². The number of aryl methyl sites for hydroxylation is 1. The molecular weight excluding hydrogens is 1030 g/mol. The summed E-state index contributed by atoms with van der Waals surface area (Å²) in [5.74, 6) is -1.68. The monoisotopic (exact) mass is 1090 g/mol. The van der Waals surface area contributed by atoms with Crippen molar-refractivity contribution in [3.8, 4) is 17.0 Å². The molecule has 5 aromatic rings. The lowest BCUT2D eigenvalue weighted by atomic mass is 9.89. The lowest BCUT2D eigenvalue weighted by Crippen LogP contribution is -2.57. The number of imide groups is 2. The standard InChI is InChI=1S/C54H61N10O11PS/c1-31-29-60(33-16-20-59(21-17-33)34-9-11-39-40(26-34)51(67)64(50(39)66)42-12-14-45(65)63(52(42)68)30-75-76(71,72)73)23-24-61(31)35-10-13-44(56-28-35)58-41-25-32(27-57-49(41)74-4)36-15-19-55-48(46(36)54(2,3)70)62-22-18-38-37-7-5-6-8-43(37)77-47(38)53(62)69/h9-11,13,15,19,25-28,31,33,42,70H,5-8,12,14,16-18,20-24,29-30H2,1-4H3,(H,56,58)(H2,71,72,73)/t31-,42-/m0/s1. The van der Waals surface area contributed by atoms with Crippen LogP contribution in [0.4, 0.5) is 28.7 Å². The first kappa shape index (κ1) is 52.4. The number of piperazine rings is 1. The van der Waals surface area contributed by atoms with E-state index in [1.165, 1.54) is 16.0 Å². The van der Waals surface area contributed by atoms with E-state index < -0.39 is 49.8 Å². The second-order valence-corrected chi connectivity index (χ2v) is 23.4. The maximum Gasteiger partial charge on any atom is 0.471 e. The van der Waals surface area contributed by atoms with Crippen LogP contribution in [0.1, 0.15) is 111 Å². The smallest absolute Gasteiger partial charge is 0.471 e. The van der Waals surface area contributed by atoms with Crippen LogP contribution >= 0.6 is 19.2 Å². The van der Waals surface area contributed by atoms with E-state index in [0.717, 1.165) is 98.8 Å². The van der Waals surface area contributed by atoms with Gasteiger partial charge in [-0.05, 0) is 131 Å². The molecule has 0 bridgehead atoms. The number of phosphoric acid groups is 1. The number of likely N-dealkylation sites (tertiary alicyclic amines) is 1. The topological polar surface area (TPSA) is 252 Å². The lowest BCUT2D eigenvalue weighted by molar-refractivity contribution is -0.155. The van der Waals surface area contributed by atoms with Crippen molar-refractivity contribution >= 4 is 77.4 Å². The molecule has 4 N–H and O–H groups in total. The highest BCUT2D eigenvalue weighted by Gasteiger charge is 2.48. The van der Waals surface area contributed by atoms with Crippen molar-refractivity contribution in [2.24, 2.45) is 0 Å². The Balaban J connectivity index is 0.715. The number of aliphatic hydroxyl groups is 1. The number of methoxy groups -OCH3 is 1. The molecule has 0 unspecified atom stereocenters. The largest absolute Gasteiger partial charge is 0.480 e. The number of rotatable bonds is 13. The number of pyridine rings is 3. The van der Waals surface area contributed by atoms with Crippen molar-refractivity contribution in [2.75, 3.05) is 73.1 Å². The van der Waals surface area contributed by atoms with Gasteiger partial charge in [0.25, 0.3) is 23.6 Å². The number of piperidine rings is 2. The maximum absolute atomic E-state index is 14.2. The Labute approximate surface area is 449 Å². The molecule has 1 aromatic carbocycles. The second kappa shape index (κ2) is 20.6. The minimum atomic E-state index is -5.01. The van der Waals surface area contributed by atoms with E-state index in [1.807, 2.05) is 24.4 Å². The molecule has 4 aromatic heterocycles. The Bertz CT molecular complexity index is 3240. The number of hydrogen-bond donors (Lipinski definition) is 4. The Morgan fingerprint density at radius 1 is 0.805 bits per heavy atom. The van der Waals surface area contributed by atoms with E-state index in [0.29, 0.717) is 57.4 Å². The third kappa shape index (κ3) is 10.0. The number of carbonyl (C=O) groups is 5. The molecule has 0 radical (unpaired) electrons. The Hall–Kier alpha value is -6.65. The molecule has 2 atom stereocenters. The number of anilines is 5. The molecule has 6 aliphatic rings. The molecule has 3 saturated heterocycles. The van der Waals surface area contributed by atoms with Crippen LogP contribution in [-0.2, 0) is 43.5 Å². The molecule has 11 rings (SSSR count). The molecule has 0 saturated carbocycles. The van der Waals surface area contributed by atoms with Gasteiger partial charge >= 0.3 is 7.82 Å². The number of nitrogens with one attached hydrogen (secondary N) is 1. The summed E-state index contributed by atoms with van der Waals surface area (Å²) in [6, 6.07) is 12.0. The van der Waals surface area contributed by atoms with Gasteiger partial charge in [0.15, 0.2) is 0 Å². The summed E-state index contributed by atoms with van der Waals surface area (Å²) in [7, 11) is -3.45. The predicted molar refractivity (Wildman–Crippen MR) is 287 cm³/mol. The lowest BCUT2D eigenvalue weighted by Gasteiger charge is -2.46. The van der Waals surface area contributed by atoms with Crippen molar-refractivity contribution in [2.45, 2.75) is 102 Å². The number of amides is 5. The molecule has 21 nitrogen and oxygen atoms in total. The molecule has 3 fully saturated rings. The SMILES string of the molecule is COc1ncc(-c2ccnc(N3CCc4c(sc5c4CCCC5)C3=O)c2C(C)(C)O)cc1Nc1ccc(N2CCN(C3CCN(c4ccc5c(c4)C(=O)N([C@H]4CCC(=O)N(COP(=O)(O)O)C4=O)C5=O)CC3)C[C@@H]2C)cn1. The number of phosphoric ester groups is 1. The van der Waals surface area contributed by atoms with E-state index in [4.69, 9.17) is 24.5 Å². The molecule has 5 amide bonds. The Morgan fingerprint density at radius 2 is 1.57 bits per heavy atom. The minimum Gasteiger partial charge on any atom is -0.480 e. The maximum atomic E-state index is 14.2. The van der Waals surface area contributed by atoms with Gasteiger partial charge in [-0.25, -0.2) is 19.5 Å². The molecule has 9 heterocycles. The van der Waals surface area contributed by atoms with Gasteiger partial charge in [-0.1, -0.05) is 0 Å². The molecular formula is C54H61N10O11PS. The van der Waals surface area contributed by atoms with Crippen molar-refractivity contribution in [3.63, 3.8) is 0 Å². The Morgan fingerprint density at radius 3 is 2.30 bits per heavy atom. The number of benzene rings is 1. The van der Waals surface area contributed by atoms with E-state index in [2.05, 4.69) is 42.5 Å². The summed E-state index contributed by atoms with van der Waals surface area (Å²) in [4.78, 5) is 112. The molecule has 23 heteroatoms. The zero-order valence-corrected chi connectivity index (χ0v) is 45.0. The zero-order valence-electron chi connectivity index (χ0n) is 43.3. The molecule has 77 heavy (non-hydrogen) atoms. The quantitative estimate of drug-likeness (QED) is 0.0777. The number of thiophene rings is 1. The van der Waals surface area contributed by atoms with Crippen LogP contribution in [0.3, 0.4) is 0 Å². The van der Waals surface area contributed by atoms with E-state index in [-0.39, 0.29) is 35.9 Å². The van der Waals surface area contributed by atoms with Gasteiger partial charge in [0.05, 0.1) is 40.6 Å². The van der Waals surface area contributed by atoms with Crippen molar-refractivity contribution in [1.29, 1.82) is 0 Å².